The zero-order valence-electron chi connectivity index (χ0n) is 9.56. The first-order chi connectivity index (χ1) is 6.86. The van der Waals surface area contributed by atoms with E-state index in [1.165, 1.54) is 0 Å². The Labute approximate surface area is 90.2 Å². The number of carboxylic acids is 1. The van der Waals surface area contributed by atoms with Gasteiger partial charge in [0.15, 0.2) is 0 Å². The molecule has 15 heavy (non-hydrogen) atoms. The van der Waals surface area contributed by atoms with Gasteiger partial charge in [0.25, 0.3) is 0 Å². The molecule has 1 saturated heterocycles. The van der Waals surface area contributed by atoms with Crippen LogP contribution in [-0.4, -0.2) is 53.4 Å². The number of carbonyl (C=O) groups is 1. The molecule has 1 aliphatic rings. The van der Waals surface area contributed by atoms with E-state index >= 15 is 0 Å². The highest BCUT2D eigenvalue weighted by molar-refractivity contribution is 5.74. The molecule has 5 heteroatoms. The number of ether oxygens (including phenoxy) is 1. The third-order valence-electron chi connectivity index (χ3n) is 3.01. The second-order valence-electron chi connectivity index (χ2n) is 4.66. The van der Waals surface area contributed by atoms with Crippen LogP contribution in [-0.2, 0) is 9.53 Å². The molecule has 0 aliphatic carbocycles. The minimum Gasteiger partial charge on any atom is -0.480 e. The van der Waals surface area contributed by atoms with E-state index in [1.54, 1.807) is 0 Å². The van der Waals surface area contributed by atoms with Crippen molar-refractivity contribution in [3.8, 4) is 0 Å². The molecule has 88 valence electrons. The molecule has 0 aromatic heterocycles. The lowest BCUT2D eigenvalue weighted by molar-refractivity contribution is -0.142. The van der Waals surface area contributed by atoms with E-state index in [0.717, 1.165) is 6.54 Å². The Kier molecular flexibility index (Phi) is 3.70. The zero-order valence-corrected chi connectivity index (χ0v) is 9.56. The summed E-state index contributed by atoms with van der Waals surface area (Å²) in [6, 6.07) is -1.02. The predicted octanol–water partition coefficient (Wildman–Crippen LogP) is -0.102. The first-order valence-corrected chi connectivity index (χ1v) is 5.19. The molecule has 1 aliphatic heterocycles. The van der Waals surface area contributed by atoms with Crippen LogP contribution in [0.5, 0.6) is 0 Å². The van der Waals surface area contributed by atoms with Crippen molar-refractivity contribution in [3.63, 3.8) is 0 Å². The van der Waals surface area contributed by atoms with Gasteiger partial charge < -0.3 is 15.6 Å². The lowest BCUT2D eigenvalue weighted by Gasteiger charge is -2.46. The minimum atomic E-state index is -0.954. The molecular formula is C10H20N2O3. The maximum Gasteiger partial charge on any atom is 0.322 e. The van der Waals surface area contributed by atoms with Crippen LogP contribution < -0.4 is 5.73 Å². The van der Waals surface area contributed by atoms with Gasteiger partial charge in [0, 0.05) is 18.1 Å². The summed E-state index contributed by atoms with van der Waals surface area (Å²) in [5.74, 6) is -0.954. The number of rotatable bonds is 3. The second-order valence-corrected chi connectivity index (χ2v) is 4.66. The molecule has 1 rings (SSSR count). The maximum atomic E-state index is 10.8. The second kappa shape index (κ2) is 4.47. The summed E-state index contributed by atoms with van der Waals surface area (Å²) in [6.45, 7) is 7.92. The highest BCUT2D eigenvalue weighted by Gasteiger charge is 2.37. The zero-order chi connectivity index (χ0) is 11.6. The number of nitrogens with zero attached hydrogens (tertiary/aromatic N) is 1. The van der Waals surface area contributed by atoms with Crippen molar-refractivity contribution >= 4 is 5.97 Å². The highest BCUT2D eigenvalue weighted by Crippen LogP contribution is 2.22. The van der Waals surface area contributed by atoms with E-state index in [9.17, 15) is 4.79 Å². The van der Waals surface area contributed by atoms with Gasteiger partial charge in [-0.2, -0.15) is 0 Å². The van der Waals surface area contributed by atoms with Gasteiger partial charge in [-0.05, 0) is 20.8 Å². The fraction of sp³-hybridized carbons (Fsp3) is 0.900. The molecule has 0 bridgehead atoms. The first-order valence-electron chi connectivity index (χ1n) is 5.19. The molecule has 2 unspecified atom stereocenters. The summed E-state index contributed by atoms with van der Waals surface area (Å²) in [6.07, 6.45) is 0. The van der Waals surface area contributed by atoms with Crippen LogP contribution >= 0.6 is 0 Å². The van der Waals surface area contributed by atoms with Gasteiger partial charge in [0.2, 0.25) is 0 Å². The normalized spacial score (nSPS) is 25.9. The number of carboxylic acid groups (broad SMARTS) is 1. The van der Waals surface area contributed by atoms with Crippen LogP contribution in [0.2, 0.25) is 0 Å². The highest BCUT2D eigenvalue weighted by atomic mass is 16.5. The van der Waals surface area contributed by atoms with Crippen LogP contribution in [0.1, 0.15) is 20.8 Å². The molecule has 0 aromatic carbocycles. The molecule has 0 radical (unpaired) electrons. The van der Waals surface area contributed by atoms with Crippen molar-refractivity contribution < 1.29 is 14.6 Å². The largest absolute Gasteiger partial charge is 0.480 e. The summed E-state index contributed by atoms with van der Waals surface area (Å²) >= 11 is 0. The molecule has 0 amide bonds. The van der Waals surface area contributed by atoms with E-state index in [2.05, 4.69) is 4.90 Å². The fourth-order valence-corrected chi connectivity index (χ4v) is 2.03. The average Bonchev–Trinajstić information content (AvgIpc) is 2.15. The van der Waals surface area contributed by atoms with Crippen LogP contribution in [0.4, 0.5) is 0 Å². The van der Waals surface area contributed by atoms with Crippen molar-refractivity contribution in [1.29, 1.82) is 0 Å². The van der Waals surface area contributed by atoms with E-state index in [0.29, 0.717) is 13.2 Å². The van der Waals surface area contributed by atoms with Crippen molar-refractivity contribution in [2.75, 3.05) is 19.8 Å². The Morgan fingerprint density at radius 3 is 2.67 bits per heavy atom. The molecule has 0 spiro atoms. The SMILES string of the molecule is CC(C(N)C(=O)O)N1CCOCC1(C)C. The molecular weight excluding hydrogens is 196 g/mol. The summed E-state index contributed by atoms with van der Waals surface area (Å²) in [5.41, 5.74) is 5.48. The summed E-state index contributed by atoms with van der Waals surface area (Å²) < 4.78 is 5.38. The number of morpholine rings is 1. The minimum absolute atomic E-state index is 0.148. The lowest BCUT2D eigenvalue weighted by Crippen LogP contribution is -2.62. The van der Waals surface area contributed by atoms with Crippen molar-refractivity contribution in [2.45, 2.75) is 38.4 Å². The van der Waals surface area contributed by atoms with Crippen LogP contribution in [0.15, 0.2) is 0 Å². The standard InChI is InChI=1S/C10H20N2O3/c1-7(8(11)9(13)14)12-4-5-15-6-10(12,2)3/h7-8H,4-6,11H2,1-3H3,(H,13,14). The predicted molar refractivity (Wildman–Crippen MR) is 56.7 cm³/mol. The van der Waals surface area contributed by atoms with E-state index in [1.807, 2.05) is 20.8 Å². The molecule has 1 fully saturated rings. The Morgan fingerprint density at radius 2 is 2.20 bits per heavy atom. The number of hydrogen-bond acceptors (Lipinski definition) is 4. The van der Waals surface area contributed by atoms with Gasteiger partial charge in [-0.15, -0.1) is 0 Å². The van der Waals surface area contributed by atoms with E-state index in [4.69, 9.17) is 15.6 Å². The van der Waals surface area contributed by atoms with Crippen LogP contribution in [0, 0.1) is 0 Å². The number of nitrogens with two attached hydrogens (primary N) is 1. The number of hydrogen-bond donors (Lipinski definition) is 2. The summed E-state index contributed by atoms with van der Waals surface area (Å²) in [5, 5.41) is 8.87. The third kappa shape index (κ3) is 2.68. The topological polar surface area (TPSA) is 75.8 Å². The Bertz CT molecular complexity index is 243. The summed E-state index contributed by atoms with van der Waals surface area (Å²) in [4.78, 5) is 12.9. The van der Waals surface area contributed by atoms with Crippen molar-refractivity contribution in [1.82, 2.24) is 4.90 Å². The monoisotopic (exact) mass is 216 g/mol. The Balaban J connectivity index is 2.72. The Morgan fingerprint density at radius 1 is 1.60 bits per heavy atom. The first kappa shape index (κ1) is 12.4. The smallest absolute Gasteiger partial charge is 0.322 e. The molecule has 5 nitrogen and oxygen atoms in total. The van der Waals surface area contributed by atoms with Crippen molar-refractivity contribution in [2.24, 2.45) is 5.73 Å². The van der Waals surface area contributed by atoms with Gasteiger partial charge in [0.05, 0.1) is 13.2 Å². The van der Waals surface area contributed by atoms with Gasteiger partial charge in [-0.25, -0.2) is 0 Å². The Hall–Kier alpha value is -0.650. The third-order valence-corrected chi connectivity index (χ3v) is 3.01. The van der Waals surface area contributed by atoms with Gasteiger partial charge in [0.1, 0.15) is 6.04 Å². The van der Waals surface area contributed by atoms with E-state index < -0.39 is 12.0 Å². The average molecular weight is 216 g/mol. The van der Waals surface area contributed by atoms with Gasteiger partial charge in [-0.1, -0.05) is 0 Å². The fourth-order valence-electron chi connectivity index (χ4n) is 2.03. The van der Waals surface area contributed by atoms with Gasteiger partial charge in [-0.3, -0.25) is 9.69 Å². The lowest BCUT2D eigenvalue weighted by atomic mass is 9.97. The van der Waals surface area contributed by atoms with Crippen LogP contribution in [0.25, 0.3) is 0 Å². The van der Waals surface area contributed by atoms with Crippen LogP contribution in [0.3, 0.4) is 0 Å². The quantitative estimate of drug-likeness (QED) is 0.689. The maximum absolute atomic E-state index is 10.8. The van der Waals surface area contributed by atoms with Crippen molar-refractivity contribution in [3.05, 3.63) is 0 Å². The number of aliphatic carboxylic acids is 1. The van der Waals surface area contributed by atoms with E-state index in [-0.39, 0.29) is 11.6 Å². The molecule has 0 aromatic rings. The summed E-state index contributed by atoms with van der Waals surface area (Å²) in [7, 11) is 0. The van der Waals surface area contributed by atoms with Gasteiger partial charge >= 0.3 is 5.97 Å². The molecule has 0 saturated carbocycles. The molecule has 1 heterocycles. The molecule has 3 N–H and O–H groups in total. The molecule has 2 atom stereocenters.